The monoisotopic (exact) mass is 247 g/mol. The number of aryl methyl sites for hydroxylation is 2. The molecule has 2 rings (SSSR count). The van der Waals surface area contributed by atoms with Gasteiger partial charge in [0, 0.05) is 6.54 Å². The first-order valence-electron chi connectivity index (χ1n) is 7.07. The van der Waals surface area contributed by atoms with E-state index in [1.807, 2.05) is 0 Å². The van der Waals surface area contributed by atoms with Crippen LogP contribution in [0, 0.1) is 19.8 Å². The summed E-state index contributed by atoms with van der Waals surface area (Å²) in [5, 5.41) is 0. The first-order chi connectivity index (χ1) is 8.63. The lowest BCUT2D eigenvalue weighted by molar-refractivity contribution is 0.160. The SMILES string of the molecule is Cc1cc(C)cc(OCCN2CCC(C)CC2)c1. The molecule has 0 bridgehead atoms. The minimum absolute atomic E-state index is 0.803. The van der Waals surface area contributed by atoms with Gasteiger partial charge in [0.1, 0.15) is 12.4 Å². The fraction of sp³-hybridized carbons (Fsp3) is 0.625. The van der Waals surface area contributed by atoms with Crippen molar-refractivity contribution in [1.82, 2.24) is 4.90 Å². The van der Waals surface area contributed by atoms with Crippen molar-refractivity contribution in [3.63, 3.8) is 0 Å². The number of hydrogen-bond donors (Lipinski definition) is 0. The van der Waals surface area contributed by atoms with Crippen LogP contribution in [0.1, 0.15) is 30.9 Å². The molecule has 0 atom stereocenters. The smallest absolute Gasteiger partial charge is 0.119 e. The average molecular weight is 247 g/mol. The van der Waals surface area contributed by atoms with E-state index in [4.69, 9.17) is 4.74 Å². The van der Waals surface area contributed by atoms with Crippen molar-refractivity contribution in [3.8, 4) is 5.75 Å². The van der Waals surface area contributed by atoms with Gasteiger partial charge in [-0.1, -0.05) is 13.0 Å². The lowest BCUT2D eigenvalue weighted by Gasteiger charge is -2.29. The molecule has 1 aromatic carbocycles. The lowest BCUT2D eigenvalue weighted by Crippen LogP contribution is -2.35. The summed E-state index contributed by atoms with van der Waals surface area (Å²) in [4.78, 5) is 2.52. The van der Waals surface area contributed by atoms with E-state index in [-0.39, 0.29) is 0 Å². The molecule has 0 amide bonds. The highest BCUT2D eigenvalue weighted by Gasteiger charge is 2.14. The van der Waals surface area contributed by atoms with Crippen molar-refractivity contribution in [1.29, 1.82) is 0 Å². The average Bonchev–Trinajstić information content (AvgIpc) is 2.30. The van der Waals surface area contributed by atoms with E-state index in [2.05, 4.69) is 43.9 Å². The van der Waals surface area contributed by atoms with Gasteiger partial charge < -0.3 is 4.74 Å². The summed E-state index contributed by atoms with van der Waals surface area (Å²) in [6.45, 7) is 10.9. The van der Waals surface area contributed by atoms with Crippen molar-refractivity contribution in [2.45, 2.75) is 33.6 Å². The number of piperidine rings is 1. The number of benzene rings is 1. The molecule has 1 fully saturated rings. The maximum atomic E-state index is 5.86. The van der Waals surface area contributed by atoms with Crippen molar-refractivity contribution in [2.75, 3.05) is 26.2 Å². The lowest BCUT2D eigenvalue weighted by atomic mass is 9.99. The van der Waals surface area contributed by atoms with Gasteiger partial charge in [0.15, 0.2) is 0 Å². The molecule has 1 aliphatic heterocycles. The first-order valence-corrected chi connectivity index (χ1v) is 7.07. The van der Waals surface area contributed by atoms with E-state index in [0.717, 1.165) is 24.8 Å². The molecular formula is C16H25NO. The molecule has 1 heterocycles. The predicted molar refractivity (Wildman–Crippen MR) is 76.2 cm³/mol. The van der Waals surface area contributed by atoms with Crippen LogP contribution < -0.4 is 4.74 Å². The summed E-state index contributed by atoms with van der Waals surface area (Å²) >= 11 is 0. The van der Waals surface area contributed by atoms with Crippen LogP contribution in [0.5, 0.6) is 5.75 Å². The molecule has 100 valence electrons. The van der Waals surface area contributed by atoms with Gasteiger partial charge in [-0.2, -0.15) is 0 Å². The third-order valence-electron chi connectivity index (χ3n) is 3.75. The van der Waals surface area contributed by atoms with E-state index in [9.17, 15) is 0 Å². The van der Waals surface area contributed by atoms with Crippen molar-refractivity contribution in [2.24, 2.45) is 5.92 Å². The summed E-state index contributed by atoms with van der Waals surface area (Å²) in [7, 11) is 0. The van der Waals surface area contributed by atoms with Gasteiger partial charge in [-0.3, -0.25) is 4.90 Å². The zero-order valence-electron chi connectivity index (χ0n) is 11.9. The summed E-state index contributed by atoms with van der Waals surface area (Å²) in [6, 6.07) is 6.41. The van der Waals surface area contributed by atoms with Crippen LogP contribution in [0.3, 0.4) is 0 Å². The number of rotatable bonds is 4. The van der Waals surface area contributed by atoms with E-state index < -0.39 is 0 Å². The van der Waals surface area contributed by atoms with Gasteiger partial charge >= 0.3 is 0 Å². The summed E-state index contributed by atoms with van der Waals surface area (Å²) < 4.78 is 5.86. The topological polar surface area (TPSA) is 12.5 Å². The van der Waals surface area contributed by atoms with Gasteiger partial charge in [0.25, 0.3) is 0 Å². The Morgan fingerprint density at radius 3 is 2.33 bits per heavy atom. The number of likely N-dealkylation sites (tertiary alicyclic amines) is 1. The molecular weight excluding hydrogens is 222 g/mol. The van der Waals surface area contributed by atoms with Crippen molar-refractivity contribution >= 4 is 0 Å². The van der Waals surface area contributed by atoms with Crippen LogP contribution in [0.2, 0.25) is 0 Å². The standard InChI is InChI=1S/C16H25NO/c1-13-4-6-17(7-5-13)8-9-18-16-11-14(2)10-15(3)12-16/h10-13H,4-9H2,1-3H3. The normalized spacial score (nSPS) is 17.9. The van der Waals surface area contributed by atoms with E-state index in [0.29, 0.717) is 0 Å². The van der Waals surface area contributed by atoms with Crippen molar-refractivity contribution < 1.29 is 4.74 Å². The Morgan fingerprint density at radius 1 is 1.11 bits per heavy atom. The second kappa shape index (κ2) is 6.24. The Balaban J connectivity index is 1.74. The van der Waals surface area contributed by atoms with E-state index >= 15 is 0 Å². The molecule has 1 aromatic rings. The molecule has 18 heavy (non-hydrogen) atoms. The Morgan fingerprint density at radius 2 is 1.72 bits per heavy atom. The number of hydrogen-bond acceptors (Lipinski definition) is 2. The van der Waals surface area contributed by atoms with Crippen LogP contribution in [0.4, 0.5) is 0 Å². The molecule has 0 N–H and O–H groups in total. The minimum atomic E-state index is 0.803. The maximum Gasteiger partial charge on any atom is 0.119 e. The number of nitrogens with zero attached hydrogens (tertiary/aromatic N) is 1. The van der Waals surface area contributed by atoms with E-state index in [1.54, 1.807) is 0 Å². The molecule has 1 aliphatic rings. The van der Waals surface area contributed by atoms with Gasteiger partial charge in [-0.05, 0) is 69.0 Å². The third-order valence-corrected chi connectivity index (χ3v) is 3.75. The van der Waals surface area contributed by atoms with E-state index in [1.165, 1.54) is 37.1 Å². The summed E-state index contributed by atoms with van der Waals surface area (Å²) in [5.41, 5.74) is 2.55. The van der Waals surface area contributed by atoms with Crippen LogP contribution in [-0.2, 0) is 0 Å². The molecule has 0 radical (unpaired) electrons. The van der Waals surface area contributed by atoms with Crippen LogP contribution in [0.25, 0.3) is 0 Å². The largest absolute Gasteiger partial charge is 0.492 e. The summed E-state index contributed by atoms with van der Waals surface area (Å²) in [5.74, 6) is 1.92. The van der Waals surface area contributed by atoms with Gasteiger partial charge in [-0.15, -0.1) is 0 Å². The third kappa shape index (κ3) is 4.02. The van der Waals surface area contributed by atoms with Crippen LogP contribution in [-0.4, -0.2) is 31.1 Å². The zero-order valence-corrected chi connectivity index (χ0v) is 11.9. The summed E-state index contributed by atoms with van der Waals surface area (Å²) in [6.07, 6.45) is 2.67. The van der Waals surface area contributed by atoms with Gasteiger partial charge in [0.05, 0.1) is 0 Å². The quantitative estimate of drug-likeness (QED) is 0.808. The Bertz CT molecular complexity index is 360. The molecule has 0 aliphatic carbocycles. The van der Waals surface area contributed by atoms with Gasteiger partial charge in [-0.25, -0.2) is 0 Å². The first kappa shape index (κ1) is 13.4. The molecule has 0 saturated carbocycles. The molecule has 0 aromatic heterocycles. The molecule has 2 heteroatoms. The second-order valence-electron chi connectivity index (χ2n) is 5.70. The minimum Gasteiger partial charge on any atom is -0.492 e. The van der Waals surface area contributed by atoms with Crippen LogP contribution in [0.15, 0.2) is 18.2 Å². The highest BCUT2D eigenvalue weighted by molar-refractivity contribution is 5.32. The zero-order chi connectivity index (χ0) is 13.0. The Hall–Kier alpha value is -1.02. The number of ether oxygens (including phenoxy) is 1. The predicted octanol–water partition coefficient (Wildman–Crippen LogP) is 3.41. The van der Waals surface area contributed by atoms with Crippen molar-refractivity contribution in [3.05, 3.63) is 29.3 Å². The Labute approximate surface area is 111 Å². The second-order valence-corrected chi connectivity index (χ2v) is 5.70. The Kier molecular flexibility index (Phi) is 4.65. The maximum absolute atomic E-state index is 5.86. The molecule has 0 unspecified atom stereocenters. The van der Waals surface area contributed by atoms with Gasteiger partial charge in [0.2, 0.25) is 0 Å². The molecule has 1 saturated heterocycles. The molecule has 0 spiro atoms. The van der Waals surface area contributed by atoms with Crippen LogP contribution >= 0.6 is 0 Å². The highest BCUT2D eigenvalue weighted by Crippen LogP contribution is 2.17. The highest BCUT2D eigenvalue weighted by atomic mass is 16.5. The molecule has 2 nitrogen and oxygen atoms in total. The fourth-order valence-corrected chi connectivity index (χ4v) is 2.59. The fourth-order valence-electron chi connectivity index (χ4n) is 2.59.